The lowest BCUT2D eigenvalue weighted by Gasteiger charge is -2.03. The van der Waals surface area contributed by atoms with Crippen LogP contribution in [-0.2, 0) is 9.53 Å². The zero-order valence-electron chi connectivity index (χ0n) is 8.01. The molecule has 0 bridgehead atoms. The molecule has 0 rings (SSSR count). The number of unbranched alkanes of at least 4 members (excludes halogenated alkanes) is 3. The summed E-state index contributed by atoms with van der Waals surface area (Å²) in [6.45, 7) is 5.59. The summed E-state index contributed by atoms with van der Waals surface area (Å²) in [6, 6.07) is 0. The molecule has 1 radical (unpaired) electrons. The zero-order chi connectivity index (χ0) is 10.1. The van der Waals surface area contributed by atoms with Crippen LogP contribution in [0.4, 0.5) is 0 Å². The van der Waals surface area contributed by atoms with E-state index >= 15 is 0 Å². The molecule has 0 fully saturated rings. The zero-order valence-corrected chi connectivity index (χ0v) is 8.77. The van der Waals surface area contributed by atoms with Gasteiger partial charge in [-0.05, 0) is 32.6 Å². The standard InChI is InChI=1S/C10H16ClO2/c1-9(2)10(12)13-8-6-4-3-5-7-11/h3H,1,4-8H2,2H3. The maximum absolute atomic E-state index is 10.9. The highest BCUT2D eigenvalue weighted by Gasteiger charge is 2.01. The van der Waals surface area contributed by atoms with Gasteiger partial charge in [-0.3, -0.25) is 0 Å². The molecule has 0 aliphatic carbocycles. The Morgan fingerprint density at radius 3 is 2.77 bits per heavy atom. The number of rotatable bonds is 7. The molecule has 0 unspecified atom stereocenters. The van der Waals surface area contributed by atoms with Crippen LogP contribution >= 0.6 is 11.6 Å². The van der Waals surface area contributed by atoms with Crippen LogP contribution in [0.3, 0.4) is 0 Å². The fourth-order valence-corrected chi connectivity index (χ4v) is 0.892. The summed E-state index contributed by atoms with van der Waals surface area (Å²) in [5, 5.41) is 0. The van der Waals surface area contributed by atoms with Crippen LogP contribution in [0.1, 0.15) is 26.2 Å². The molecule has 0 aromatic rings. The number of carbonyl (C=O) groups excluding carboxylic acids is 1. The van der Waals surface area contributed by atoms with Gasteiger partial charge in [0.15, 0.2) is 0 Å². The van der Waals surface area contributed by atoms with Crippen LogP contribution in [0, 0.1) is 6.42 Å². The van der Waals surface area contributed by atoms with E-state index in [2.05, 4.69) is 13.0 Å². The Morgan fingerprint density at radius 1 is 1.54 bits per heavy atom. The quantitative estimate of drug-likeness (QED) is 0.275. The van der Waals surface area contributed by atoms with E-state index in [0.717, 1.165) is 19.3 Å². The Balaban J connectivity index is 3.16. The highest BCUT2D eigenvalue weighted by molar-refractivity contribution is 6.17. The third-order valence-electron chi connectivity index (χ3n) is 1.45. The van der Waals surface area contributed by atoms with Gasteiger partial charge in [0.1, 0.15) is 0 Å². The average Bonchev–Trinajstić information content (AvgIpc) is 2.10. The van der Waals surface area contributed by atoms with E-state index in [1.807, 2.05) is 0 Å². The van der Waals surface area contributed by atoms with Crippen LogP contribution in [0.2, 0.25) is 0 Å². The highest BCUT2D eigenvalue weighted by Crippen LogP contribution is 2.01. The lowest BCUT2D eigenvalue weighted by Crippen LogP contribution is -2.06. The number of halogens is 1. The van der Waals surface area contributed by atoms with Gasteiger partial charge in [0.05, 0.1) is 6.61 Å². The molecule has 2 nitrogen and oxygen atoms in total. The number of hydrogen-bond donors (Lipinski definition) is 0. The molecule has 0 saturated carbocycles. The third-order valence-corrected chi connectivity index (χ3v) is 1.67. The summed E-state index contributed by atoms with van der Waals surface area (Å²) in [6.07, 6.45) is 4.81. The Hall–Kier alpha value is -0.500. The maximum Gasteiger partial charge on any atom is 0.333 e. The lowest BCUT2D eigenvalue weighted by molar-refractivity contribution is -0.139. The van der Waals surface area contributed by atoms with Gasteiger partial charge in [0.25, 0.3) is 0 Å². The molecule has 0 saturated heterocycles. The highest BCUT2D eigenvalue weighted by atomic mass is 35.5. The Bertz CT molecular complexity index is 166. The first-order valence-electron chi connectivity index (χ1n) is 4.38. The Morgan fingerprint density at radius 2 is 2.23 bits per heavy atom. The molecule has 0 aliphatic heterocycles. The first-order chi connectivity index (χ1) is 6.18. The number of carbonyl (C=O) groups is 1. The predicted octanol–water partition coefficient (Wildman–Crippen LogP) is 2.72. The predicted molar refractivity (Wildman–Crippen MR) is 54.6 cm³/mol. The topological polar surface area (TPSA) is 26.3 Å². The minimum absolute atomic E-state index is 0.308. The molecular weight excluding hydrogens is 188 g/mol. The van der Waals surface area contributed by atoms with E-state index in [1.54, 1.807) is 6.92 Å². The van der Waals surface area contributed by atoms with Crippen molar-refractivity contribution in [1.82, 2.24) is 0 Å². The molecule has 0 atom stereocenters. The van der Waals surface area contributed by atoms with Crippen LogP contribution in [0.5, 0.6) is 0 Å². The summed E-state index contributed by atoms with van der Waals surface area (Å²) in [5.74, 6) is 0.350. The molecule has 13 heavy (non-hydrogen) atoms. The first-order valence-corrected chi connectivity index (χ1v) is 4.92. The summed E-state index contributed by atoms with van der Waals surface area (Å²) in [5.41, 5.74) is 0.449. The minimum Gasteiger partial charge on any atom is -0.462 e. The van der Waals surface area contributed by atoms with E-state index in [9.17, 15) is 4.79 Å². The molecule has 0 spiro atoms. The van der Waals surface area contributed by atoms with Gasteiger partial charge in [0, 0.05) is 11.5 Å². The van der Waals surface area contributed by atoms with E-state index in [4.69, 9.17) is 16.3 Å². The number of alkyl halides is 1. The van der Waals surface area contributed by atoms with Crippen LogP contribution < -0.4 is 0 Å². The Labute approximate surface area is 84.9 Å². The molecule has 0 aromatic heterocycles. The van der Waals surface area contributed by atoms with E-state index < -0.39 is 0 Å². The SMILES string of the molecule is C=C(C)C(=O)OCCC[CH]CCCl. The van der Waals surface area contributed by atoms with E-state index in [-0.39, 0.29) is 5.97 Å². The summed E-state index contributed by atoms with van der Waals surface area (Å²) >= 11 is 5.48. The number of ether oxygens (including phenoxy) is 1. The molecule has 0 N–H and O–H groups in total. The van der Waals surface area contributed by atoms with E-state index in [1.165, 1.54) is 0 Å². The Kier molecular flexibility index (Phi) is 7.80. The number of hydrogen-bond acceptors (Lipinski definition) is 2. The van der Waals surface area contributed by atoms with Gasteiger partial charge in [-0.15, -0.1) is 11.6 Å². The van der Waals surface area contributed by atoms with Crippen molar-refractivity contribution in [2.24, 2.45) is 0 Å². The molecule has 0 heterocycles. The molecule has 0 aliphatic rings. The fourth-order valence-electron chi connectivity index (χ4n) is 0.737. The van der Waals surface area contributed by atoms with Crippen molar-refractivity contribution in [3.63, 3.8) is 0 Å². The van der Waals surface area contributed by atoms with Crippen LogP contribution in [0.25, 0.3) is 0 Å². The second-order valence-corrected chi connectivity index (χ2v) is 3.20. The third kappa shape index (κ3) is 7.85. The maximum atomic E-state index is 10.9. The van der Waals surface area contributed by atoms with Gasteiger partial charge >= 0.3 is 5.97 Å². The van der Waals surface area contributed by atoms with Gasteiger partial charge in [0.2, 0.25) is 0 Å². The van der Waals surface area contributed by atoms with Crippen molar-refractivity contribution in [1.29, 1.82) is 0 Å². The summed E-state index contributed by atoms with van der Waals surface area (Å²) < 4.78 is 4.89. The minimum atomic E-state index is -0.308. The monoisotopic (exact) mass is 203 g/mol. The summed E-state index contributed by atoms with van der Waals surface area (Å²) in [7, 11) is 0. The van der Waals surface area contributed by atoms with Crippen molar-refractivity contribution in [3.05, 3.63) is 18.6 Å². The van der Waals surface area contributed by atoms with Crippen LogP contribution in [-0.4, -0.2) is 18.5 Å². The van der Waals surface area contributed by atoms with Gasteiger partial charge in [-0.2, -0.15) is 0 Å². The largest absolute Gasteiger partial charge is 0.462 e. The average molecular weight is 204 g/mol. The summed E-state index contributed by atoms with van der Waals surface area (Å²) in [4.78, 5) is 10.9. The van der Waals surface area contributed by atoms with Crippen molar-refractivity contribution in [2.45, 2.75) is 26.2 Å². The van der Waals surface area contributed by atoms with Crippen molar-refractivity contribution < 1.29 is 9.53 Å². The lowest BCUT2D eigenvalue weighted by atomic mass is 10.2. The van der Waals surface area contributed by atoms with Crippen molar-refractivity contribution in [3.8, 4) is 0 Å². The molecule has 0 amide bonds. The van der Waals surface area contributed by atoms with Crippen LogP contribution in [0.15, 0.2) is 12.2 Å². The molecule has 0 aromatic carbocycles. The molecule has 3 heteroatoms. The molecule has 75 valence electrons. The second kappa shape index (κ2) is 8.11. The first kappa shape index (κ1) is 12.5. The van der Waals surface area contributed by atoms with Crippen molar-refractivity contribution >= 4 is 17.6 Å². The van der Waals surface area contributed by atoms with Gasteiger partial charge < -0.3 is 4.74 Å². The normalized spacial score (nSPS) is 9.69. The fraction of sp³-hybridized carbons (Fsp3) is 0.600. The van der Waals surface area contributed by atoms with Crippen molar-refractivity contribution in [2.75, 3.05) is 12.5 Å². The van der Waals surface area contributed by atoms with Gasteiger partial charge in [-0.25, -0.2) is 4.79 Å². The molecular formula is C10H16ClO2. The number of esters is 1. The van der Waals surface area contributed by atoms with E-state index in [0.29, 0.717) is 18.1 Å². The smallest absolute Gasteiger partial charge is 0.333 e. The second-order valence-electron chi connectivity index (χ2n) is 2.82. The van der Waals surface area contributed by atoms with Gasteiger partial charge in [-0.1, -0.05) is 6.58 Å².